The summed E-state index contributed by atoms with van der Waals surface area (Å²) >= 11 is 0. The molecule has 0 aromatic heterocycles. The van der Waals surface area contributed by atoms with E-state index in [2.05, 4.69) is 33.9 Å². The van der Waals surface area contributed by atoms with Crippen molar-refractivity contribution in [1.29, 1.82) is 0 Å². The molecule has 7 heteroatoms. The third kappa shape index (κ3) is 3.78. The highest BCUT2D eigenvalue weighted by atomic mass is 28.4. The van der Waals surface area contributed by atoms with Gasteiger partial charge < -0.3 is 23.4 Å². The van der Waals surface area contributed by atoms with Crippen molar-refractivity contribution in [2.45, 2.75) is 70.4 Å². The molecule has 0 fully saturated rings. The lowest BCUT2D eigenvalue weighted by Gasteiger charge is -2.59. The smallest absolute Gasteiger partial charge is 0.340 e. The molecule has 1 aromatic rings. The molecule has 0 saturated carbocycles. The van der Waals surface area contributed by atoms with Crippen LogP contribution in [0.5, 0.6) is 0 Å². The van der Waals surface area contributed by atoms with Crippen LogP contribution in [0.25, 0.3) is 5.57 Å². The van der Waals surface area contributed by atoms with E-state index in [1.54, 1.807) is 0 Å². The number of esters is 1. The molecule has 0 bridgehead atoms. The lowest BCUT2D eigenvalue weighted by atomic mass is 9.71. The first-order valence-corrected chi connectivity index (χ1v) is 13.1. The van der Waals surface area contributed by atoms with Gasteiger partial charge in [-0.1, -0.05) is 51.1 Å². The first-order valence-electron chi connectivity index (χ1n) is 10.2. The van der Waals surface area contributed by atoms with Gasteiger partial charge in [0.05, 0.1) is 6.10 Å². The van der Waals surface area contributed by atoms with E-state index in [0.29, 0.717) is 5.57 Å². The van der Waals surface area contributed by atoms with E-state index in [0.717, 1.165) is 5.56 Å². The van der Waals surface area contributed by atoms with E-state index in [-0.39, 0.29) is 16.7 Å². The summed E-state index contributed by atoms with van der Waals surface area (Å²) in [6, 6.07) is 9.50. The summed E-state index contributed by atoms with van der Waals surface area (Å²) in [6.07, 6.45) is -0.301. The predicted octanol–water partition coefficient (Wildman–Crippen LogP) is 4.76. The van der Waals surface area contributed by atoms with Crippen LogP contribution in [0.1, 0.15) is 40.2 Å². The minimum atomic E-state index is -2.44. The Balaban J connectivity index is 2.83. The summed E-state index contributed by atoms with van der Waals surface area (Å²) in [6.45, 7) is 14.2. The van der Waals surface area contributed by atoms with Gasteiger partial charge in [0.1, 0.15) is 5.57 Å². The quantitative estimate of drug-likeness (QED) is 0.333. The largest absolute Gasteiger partial charge is 0.459 e. The Morgan fingerprint density at radius 3 is 1.83 bits per heavy atom. The molecule has 0 aliphatic heterocycles. The SMILES string of the molecule is COC1(O[Si](C)(C)C(C)(C)C)C(C(=O)OC(C)C)=C(c2ccccc2)C1(OC)OC. The summed E-state index contributed by atoms with van der Waals surface area (Å²) < 4.78 is 30.2. The first kappa shape index (κ1) is 24.8. The number of methoxy groups -OCH3 is 3. The standard InChI is InChI=1S/C23H36O6Si/c1-16(2)28-20(24)19-18(17-14-12-11-13-15-17)22(25-6,26-7)23(19,27-8)29-30(9,10)21(3,4)5/h11-16H,1-10H3. The van der Waals surface area contributed by atoms with Crippen molar-refractivity contribution in [3.63, 3.8) is 0 Å². The predicted molar refractivity (Wildman–Crippen MR) is 119 cm³/mol. The Labute approximate surface area is 181 Å². The van der Waals surface area contributed by atoms with Crippen molar-refractivity contribution in [2.75, 3.05) is 21.3 Å². The van der Waals surface area contributed by atoms with Gasteiger partial charge in [-0.2, -0.15) is 0 Å². The molecule has 0 N–H and O–H groups in total. The molecule has 1 aliphatic carbocycles. The van der Waals surface area contributed by atoms with Crippen molar-refractivity contribution in [3.05, 3.63) is 41.5 Å². The maximum atomic E-state index is 13.3. The highest BCUT2D eigenvalue weighted by Gasteiger charge is 2.74. The number of carbonyl (C=O) groups excluding carboxylic acids is 1. The third-order valence-electron chi connectivity index (χ3n) is 6.02. The van der Waals surface area contributed by atoms with Gasteiger partial charge in [0.2, 0.25) is 0 Å². The zero-order valence-electron chi connectivity index (χ0n) is 19.9. The van der Waals surface area contributed by atoms with Crippen LogP contribution in [0.15, 0.2) is 35.9 Å². The highest BCUT2D eigenvalue weighted by molar-refractivity contribution is 6.74. The fourth-order valence-corrected chi connectivity index (χ4v) is 4.85. The van der Waals surface area contributed by atoms with E-state index in [9.17, 15) is 4.79 Å². The second-order valence-electron chi connectivity index (χ2n) is 9.28. The number of hydrogen-bond acceptors (Lipinski definition) is 6. The van der Waals surface area contributed by atoms with Crippen LogP contribution in [-0.2, 0) is 28.2 Å². The first-order chi connectivity index (χ1) is 13.8. The second kappa shape index (κ2) is 8.55. The fraction of sp³-hybridized carbons (Fsp3) is 0.609. The van der Waals surface area contributed by atoms with Crippen LogP contribution >= 0.6 is 0 Å². The number of rotatable bonds is 8. The molecule has 30 heavy (non-hydrogen) atoms. The molecule has 0 spiro atoms. The van der Waals surface area contributed by atoms with Crippen LogP contribution in [0.4, 0.5) is 0 Å². The molecule has 0 saturated heterocycles. The average Bonchev–Trinajstić information content (AvgIpc) is 2.64. The Morgan fingerprint density at radius 2 is 1.43 bits per heavy atom. The lowest BCUT2D eigenvalue weighted by Crippen LogP contribution is -2.73. The van der Waals surface area contributed by atoms with E-state index in [1.165, 1.54) is 21.3 Å². The molecule has 1 unspecified atom stereocenters. The summed E-state index contributed by atoms with van der Waals surface area (Å²) in [5, 5.41) is -0.138. The molecule has 0 heterocycles. The number of hydrogen-bond donors (Lipinski definition) is 0. The molecule has 0 radical (unpaired) electrons. The molecule has 168 valence electrons. The fourth-order valence-electron chi connectivity index (χ4n) is 3.51. The maximum Gasteiger partial charge on any atom is 0.340 e. The van der Waals surface area contributed by atoms with Gasteiger partial charge in [-0.15, -0.1) is 0 Å². The molecular formula is C23H36O6Si. The van der Waals surface area contributed by atoms with Gasteiger partial charge in [0, 0.05) is 26.9 Å². The van der Waals surface area contributed by atoms with Crippen molar-refractivity contribution in [2.24, 2.45) is 0 Å². The summed E-state index contributed by atoms with van der Waals surface area (Å²) in [5.74, 6) is -3.49. The topological polar surface area (TPSA) is 63.2 Å². The number of carbonyl (C=O) groups is 1. The van der Waals surface area contributed by atoms with E-state index >= 15 is 0 Å². The maximum absolute atomic E-state index is 13.3. The normalized spacial score (nSPS) is 21.6. The Bertz CT molecular complexity index is 790. The minimum Gasteiger partial charge on any atom is -0.459 e. The van der Waals surface area contributed by atoms with Crippen LogP contribution in [0, 0.1) is 0 Å². The minimum absolute atomic E-state index is 0.138. The lowest BCUT2D eigenvalue weighted by molar-refractivity contribution is -0.344. The van der Waals surface area contributed by atoms with Crippen molar-refractivity contribution < 1.29 is 28.2 Å². The van der Waals surface area contributed by atoms with Crippen LogP contribution in [0.2, 0.25) is 18.1 Å². The number of ether oxygens (including phenoxy) is 4. The molecule has 1 atom stereocenters. The van der Waals surface area contributed by atoms with Crippen molar-refractivity contribution in [3.8, 4) is 0 Å². The second-order valence-corrected chi connectivity index (χ2v) is 14.0. The average molecular weight is 437 g/mol. The van der Waals surface area contributed by atoms with Crippen LogP contribution in [-0.4, -0.2) is 53.3 Å². The van der Waals surface area contributed by atoms with E-state index in [4.69, 9.17) is 23.4 Å². The third-order valence-corrected chi connectivity index (χ3v) is 10.4. The van der Waals surface area contributed by atoms with Crippen LogP contribution in [0.3, 0.4) is 0 Å². The number of benzene rings is 1. The molecule has 6 nitrogen and oxygen atoms in total. The highest BCUT2D eigenvalue weighted by Crippen LogP contribution is 2.60. The molecule has 1 aliphatic rings. The van der Waals surface area contributed by atoms with Crippen molar-refractivity contribution in [1.82, 2.24) is 0 Å². The van der Waals surface area contributed by atoms with E-state index in [1.807, 2.05) is 44.2 Å². The van der Waals surface area contributed by atoms with Gasteiger partial charge in [-0.05, 0) is 37.5 Å². The zero-order chi connectivity index (χ0) is 23.0. The van der Waals surface area contributed by atoms with Gasteiger partial charge in [-0.3, -0.25) is 0 Å². The van der Waals surface area contributed by atoms with Crippen molar-refractivity contribution >= 4 is 19.9 Å². The summed E-state index contributed by atoms with van der Waals surface area (Å²) in [5.41, 5.74) is 1.61. The summed E-state index contributed by atoms with van der Waals surface area (Å²) in [7, 11) is 2.12. The van der Waals surface area contributed by atoms with Gasteiger partial charge in [0.25, 0.3) is 11.6 Å². The summed E-state index contributed by atoms with van der Waals surface area (Å²) in [4.78, 5) is 13.3. The van der Waals surface area contributed by atoms with Gasteiger partial charge in [0.15, 0.2) is 8.32 Å². The van der Waals surface area contributed by atoms with E-state index < -0.39 is 25.9 Å². The van der Waals surface area contributed by atoms with Gasteiger partial charge in [-0.25, -0.2) is 4.79 Å². The molecule has 0 amide bonds. The van der Waals surface area contributed by atoms with Gasteiger partial charge >= 0.3 is 5.97 Å². The molecule has 1 aromatic carbocycles. The molecular weight excluding hydrogens is 400 g/mol. The van der Waals surface area contributed by atoms with Crippen LogP contribution < -0.4 is 0 Å². The zero-order valence-corrected chi connectivity index (χ0v) is 20.9. The Kier molecular flexibility index (Phi) is 7.06. The Morgan fingerprint density at radius 1 is 0.933 bits per heavy atom. The monoisotopic (exact) mass is 436 g/mol. The molecule has 2 rings (SSSR count). The Hall–Kier alpha value is -1.51.